The molecule has 0 aromatic heterocycles. The molecule has 0 bridgehead atoms. The van der Waals surface area contributed by atoms with Gasteiger partial charge in [0.1, 0.15) is 11.5 Å². The minimum Gasteiger partial charge on any atom is -0.490 e. The van der Waals surface area contributed by atoms with Crippen molar-refractivity contribution in [3.8, 4) is 28.7 Å². The molecule has 78 heavy (non-hydrogen) atoms. The van der Waals surface area contributed by atoms with Crippen LogP contribution in [0.15, 0.2) is 97.1 Å². The fraction of sp³-hybridized carbons (Fsp3) is 0.551. The van der Waals surface area contributed by atoms with Crippen molar-refractivity contribution in [3.63, 3.8) is 0 Å². The van der Waals surface area contributed by atoms with Gasteiger partial charge in [0.05, 0.1) is 25.9 Å². The van der Waals surface area contributed by atoms with Gasteiger partial charge in [-0.05, 0) is 86.3 Å². The monoisotopic (exact) mass is 1060 g/mol. The van der Waals surface area contributed by atoms with Crippen LogP contribution in [0, 0.1) is 0 Å². The average Bonchev–Trinajstić information content (AvgIpc) is 3.59. The maximum Gasteiger partial charge on any atom is 0.261 e. The topological polar surface area (TPSA) is 103 Å². The Morgan fingerprint density at radius 1 is 0.462 bits per heavy atom. The van der Waals surface area contributed by atoms with Crippen LogP contribution < -0.4 is 24.3 Å². The smallest absolute Gasteiger partial charge is 0.261 e. The van der Waals surface area contributed by atoms with Crippen LogP contribution in [-0.2, 0) is 0 Å². The van der Waals surface area contributed by atoms with Crippen molar-refractivity contribution in [2.45, 2.75) is 226 Å². The number of hydrogen-bond donors (Lipinski definition) is 1. The van der Waals surface area contributed by atoms with E-state index in [4.69, 9.17) is 18.9 Å². The van der Waals surface area contributed by atoms with Crippen LogP contribution in [0.1, 0.15) is 263 Å². The van der Waals surface area contributed by atoms with Crippen molar-refractivity contribution in [2.24, 2.45) is 0 Å². The zero-order valence-electron chi connectivity index (χ0n) is 48.5. The highest BCUT2D eigenvalue weighted by molar-refractivity contribution is 6.26. The molecule has 1 aliphatic rings. The third-order valence-corrected chi connectivity index (χ3v) is 15.4. The third-order valence-electron chi connectivity index (χ3n) is 15.4. The Morgan fingerprint density at radius 2 is 0.897 bits per heavy atom. The molecule has 3 amide bonds. The summed E-state index contributed by atoms with van der Waals surface area (Å²) in [7, 11) is 0. The molecule has 0 saturated carbocycles. The molecule has 1 atom stereocenters. The second-order valence-corrected chi connectivity index (χ2v) is 21.9. The summed E-state index contributed by atoms with van der Waals surface area (Å²) in [6.45, 7) is 10.3. The summed E-state index contributed by atoms with van der Waals surface area (Å²) in [5, 5.41) is 4.36. The van der Waals surface area contributed by atoms with Gasteiger partial charge >= 0.3 is 0 Å². The molecule has 1 aliphatic heterocycles. The lowest BCUT2D eigenvalue weighted by Crippen LogP contribution is -2.41. The molecule has 1 heterocycles. The van der Waals surface area contributed by atoms with Crippen molar-refractivity contribution in [3.05, 3.63) is 119 Å². The summed E-state index contributed by atoms with van der Waals surface area (Å²) in [4.78, 5) is 43.6. The van der Waals surface area contributed by atoms with Crippen LogP contribution in [0.4, 0.5) is 5.69 Å². The van der Waals surface area contributed by atoms with Crippen LogP contribution in [0.5, 0.6) is 28.7 Å². The fourth-order valence-corrected chi connectivity index (χ4v) is 10.7. The van der Waals surface area contributed by atoms with E-state index in [9.17, 15) is 14.4 Å². The van der Waals surface area contributed by atoms with Gasteiger partial charge in [-0.15, -0.1) is 0 Å². The van der Waals surface area contributed by atoms with Crippen molar-refractivity contribution in [1.29, 1.82) is 0 Å². The van der Waals surface area contributed by atoms with E-state index < -0.39 is 6.04 Å². The molecule has 5 aromatic rings. The van der Waals surface area contributed by atoms with Crippen LogP contribution in [0.3, 0.4) is 0 Å². The molecule has 1 unspecified atom stereocenters. The molecule has 0 aliphatic carbocycles. The first-order valence-corrected chi connectivity index (χ1v) is 31.0. The van der Waals surface area contributed by atoms with E-state index >= 15 is 0 Å². The number of anilines is 1. The average molecular weight is 1070 g/mol. The van der Waals surface area contributed by atoms with Gasteiger partial charge in [0.25, 0.3) is 17.7 Å². The quantitative estimate of drug-likeness (QED) is 0.0307. The Balaban J connectivity index is 1.13. The summed E-state index contributed by atoms with van der Waals surface area (Å²) in [6, 6.07) is 29.0. The molecular weight excluding hydrogens is 969 g/mol. The lowest BCUT2D eigenvalue weighted by Gasteiger charge is -2.32. The third kappa shape index (κ3) is 19.8. The summed E-state index contributed by atoms with van der Waals surface area (Å²) >= 11 is 0. The van der Waals surface area contributed by atoms with Crippen molar-refractivity contribution in [1.82, 2.24) is 4.90 Å². The van der Waals surface area contributed by atoms with Gasteiger partial charge in [-0.1, -0.05) is 237 Å². The van der Waals surface area contributed by atoms with Crippen molar-refractivity contribution in [2.75, 3.05) is 25.1 Å². The number of ether oxygens (including phenoxy) is 4. The Morgan fingerprint density at radius 3 is 1.37 bits per heavy atom. The summed E-state index contributed by atoms with van der Waals surface area (Å²) < 4.78 is 26.2. The molecule has 1 N–H and O–H groups in total. The highest BCUT2D eigenvalue weighted by Gasteiger charge is 2.37. The Labute approximate surface area is 469 Å². The molecule has 9 heteroatoms. The number of imide groups is 1. The van der Waals surface area contributed by atoms with Crippen molar-refractivity contribution >= 4 is 34.2 Å². The molecule has 0 radical (unpaired) electrons. The van der Waals surface area contributed by atoms with Gasteiger partial charge in [0.2, 0.25) is 5.75 Å². The fourth-order valence-electron chi connectivity index (χ4n) is 10.7. The van der Waals surface area contributed by atoms with Crippen LogP contribution in [-0.4, -0.2) is 42.4 Å². The van der Waals surface area contributed by atoms with Crippen LogP contribution in [0.25, 0.3) is 10.8 Å². The molecule has 0 saturated heterocycles. The van der Waals surface area contributed by atoms with Gasteiger partial charge in [0.15, 0.2) is 11.5 Å². The van der Waals surface area contributed by atoms with E-state index in [0.717, 1.165) is 44.1 Å². The van der Waals surface area contributed by atoms with E-state index in [2.05, 4.69) is 26.1 Å². The summed E-state index contributed by atoms with van der Waals surface area (Å²) in [6.07, 6.45) is 37.2. The van der Waals surface area contributed by atoms with Gasteiger partial charge in [0, 0.05) is 33.2 Å². The summed E-state index contributed by atoms with van der Waals surface area (Å²) in [5.74, 6) is 1.79. The predicted octanol–water partition coefficient (Wildman–Crippen LogP) is 20.1. The number of unbranched alkanes of at least 4 members (excludes halogenated alkanes) is 27. The van der Waals surface area contributed by atoms with E-state index in [1.807, 2.05) is 73.7 Å². The first-order chi connectivity index (χ1) is 38.3. The van der Waals surface area contributed by atoms with E-state index in [1.54, 1.807) is 30.3 Å². The van der Waals surface area contributed by atoms with Gasteiger partial charge in [-0.3, -0.25) is 19.3 Å². The second-order valence-electron chi connectivity index (χ2n) is 21.9. The van der Waals surface area contributed by atoms with Crippen LogP contribution in [0.2, 0.25) is 0 Å². The zero-order chi connectivity index (χ0) is 55.0. The molecule has 0 fully saturated rings. The highest BCUT2D eigenvalue weighted by Crippen LogP contribution is 2.42. The Hall–Kier alpha value is -5.83. The van der Waals surface area contributed by atoms with Crippen molar-refractivity contribution < 1.29 is 33.3 Å². The normalized spacial score (nSPS) is 12.5. The highest BCUT2D eigenvalue weighted by atomic mass is 16.5. The van der Waals surface area contributed by atoms with Crippen LogP contribution >= 0.6 is 0 Å². The standard InChI is InChI=1S/C69H96N2O7/c1-5-8-11-14-17-20-23-26-29-35-49-75-63-52-56(53-64(76-50-36-30-27-24-21-18-15-12-9-6-2)66(63)77-51-37-31-28-25-22-19-16-13-10-7-3)67(72)70-57-43-45-58(46-44-57)78-62-48-47-61-65-59(62)41-38-42-60(65)68(73)71(69(61)74)54(4)55-39-33-32-34-40-55/h32-34,38-48,52-54H,5-31,35-37,49-51H2,1-4H3,(H,70,72). The number of benzene rings is 5. The minimum absolute atomic E-state index is 0.286. The van der Waals surface area contributed by atoms with E-state index in [1.165, 1.54) is 159 Å². The number of hydrogen-bond acceptors (Lipinski definition) is 7. The van der Waals surface area contributed by atoms with E-state index in [0.29, 0.717) is 81.7 Å². The first-order valence-electron chi connectivity index (χ1n) is 31.0. The zero-order valence-corrected chi connectivity index (χ0v) is 48.5. The maximum atomic E-state index is 14.3. The maximum absolute atomic E-state index is 14.3. The number of carbonyl (C=O) groups excluding carboxylic acids is 3. The number of rotatable bonds is 42. The van der Waals surface area contributed by atoms with E-state index in [-0.39, 0.29) is 17.7 Å². The number of carbonyl (C=O) groups is 3. The lowest BCUT2D eigenvalue weighted by atomic mass is 9.92. The lowest BCUT2D eigenvalue weighted by molar-refractivity contribution is 0.0549. The Bertz CT molecular complexity index is 2450. The summed E-state index contributed by atoms with van der Waals surface area (Å²) in [5.41, 5.74) is 2.83. The first kappa shape index (κ1) is 61.4. The second kappa shape index (κ2) is 35.6. The number of nitrogens with one attached hydrogen (secondary N) is 1. The molecule has 424 valence electrons. The molecule has 6 rings (SSSR count). The largest absolute Gasteiger partial charge is 0.490 e. The minimum atomic E-state index is -0.439. The molecule has 0 spiro atoms. The van der Waals surface area contributed by atoms with Gasteiger partial charge in [-0.25, -0.2) is 0 Å². The van der Waals surface area contributed by atoms with Gasteiger partial charge < -0.3 is 24.3 Å². The Kier molecular flexibility index (Phi) is 28.0. The number of amides is 3. The van der Waals surface area contributed by atoms with Gasteiger partial charge in [-0.2, -0.15) is 0 Å². The molecular formula is C69H96N2O7. The molecule has 5 aromatic carbocycles. The SMILES string of the molecule is CCCCCCCCCCCCOc1cc(C(=O)Nc2ccc(Oc3ccc4c5c(cccc35)C(=O)N(C(C)c3ccccc3)C4=O)cc2)cc(OCCCCCCCCCCCC)c1OCCCCCCCCCCCC. The predicted molar refractivity (Wildman–Crippen MR) is 322 cm³/mol. The molecule has 9 nitrogen and oxygen atoms in total. The number of nitrogens with zero attached hydrogens (tertiary/aromatic N) is 1.